The van der Waals surface area contributed by atoms with E-state index in [1.54, 1.807) is 0 Å². The molecule has 0 radical (unpaired) electrons. The molecule has 2 unspecified atom stereocenters. The second-order valence-electron chi connectivity index (χ2n) is 6.72. The van der Waals surface area contributed by atoms with Crippen LogP contribution in [0.5, 0.6) is 0 Å². The maximum atomic E-state index is 15.0. The number of nitrogens with one attached hydrogen (secondary N) is 1. The molecule has 0 aliphatic heterocycles. The first-order valence-electron chi connectivity index (χ1n) is 8.42. The first-order chi connectivity index (χ1) is 15.3. The zero-order chi connectivity index (χ0) is 26.5. The molecular formula is C18H7Br2ClF10N2O. The van der Waals surface area contributed by atoms with Gasteiger partial charge >= 0.3 is 23.9 Å². The third kappa shape index (κ3) is 4.44. The maximum Gasteiger partial charge on any atom is 0.457 e. The van der Waals surface area contributed by atoms with E-state index < -0.39 is 72.8 Å². The number of benzene rings is 1. The van der Waals surface area contributed by atoms with Gasteiger partial charge in [-0.1, -0.05) is 55.6 Å². The number of alkyl halides is 10. The number of rotatable bonds is 4. The zero-order valence-corrected chi connectivity index (χ0v) is 19.7. The van der Waals surface area contributed by atoms with Gasteiger partial charge in [-0.05, 0) is 12.1 Å². The summed E-state index contributed by atoms with van der Waals surface area (Å²) in [6.07, 6.45) is -15.1. The van der Waals surface area contributed by atoms with Crippen LogP contribution >= 0.6 is 43.5 Å². The summed E-state index contributed by atoms with van der Waals surface area (Å²) in [5.74, 6) is -9.39. The highest BCUT2D eigenvalue weighted by molar-refractivity contribution is 9.12. The Kier molecular flexibility index (Phi) is 7.54. The summed E-state index contributed by atoms with van der Waals surface area (Å²) in [5.41, 5.74) is -10.7. The van der Waals surface area contributed by atoms with Crippen LogP contribution in [-0.2, 0) is 0 Å². The van der Waals surface area contributed by atoms with E-state index in [0.717, 1.165) is 18.2 Å². The van der Waals surface area contributed by atoms with Crippen molar-refractivity contribution < 1.29 is 48.7 Å². The number of hydrogen-bond donors (Lipinski definition) is 1. The molecule has 0 heterocycles. The molecule has 0 saturated heterocycles. The molecule has 0 saturated carbocycles. The van der Waals surface area contributed by atoms with Gasteiger partial charge < -0.3 is 5.32 Å². The van der Waals surface area contributed by atoms with Crippen LogP contribution in [-0.4, -0.2) is 34.3 Å². The summed E-state index contributed by atoms with van der Waals surface area (Å²) in [6, 6.07) is 5.42. The Morgan fingerprint density at radius 1 is 1.06 bits per heavy atom. The van der Waals surface area contributed by atoms with Gasteiger partial charge in [-0.15, -0.1) is 0 Å². The molecule has 0 spiro atoms. The molecule has 0 bridgehead atoms. The van der Waals surface area contributed by atoms with E-state index in [4.69, 9.17) is 11.6 Å². The van der Waals surface area contributed by atoms with Gasteiger partial charge in [-0.3, -0.25) is 4.79 Å². The van der Waals surface area contributed by atoms with Crippen molar-refractivity contribution in [2.45, 2.75) is 34.8 Å². The minimum Gasteiger partial charge on any atom is -0.332 e. The van der Waals surface area contributed by atoms with Gasteiger partial charge in [0.2, 0.25) is 0 Å². The van der Waals surface area contributed by atoms with Crippen LogP contribution in [0.3, 0.4) is 0 Å². The summed E-state index contributed by atoms with van der Waals surface area (Å²) >= 11 is 10.7. The monoisotopic (exact) mass is 650 g/mol. The summed E-state index contributed by atoms with van der Waals surface area (Å²) in [5, 5.41) is 9.58. The average Bonchev–Trinajstić information content (AvgIpc) is 2.65. The lowest BCUT2D eigenvalue weighted by Crippen LogP contribution is -2.64. The molecule has 1 aromatic rings. The van der Waals surface area contributed by atoms with Crippen molar-refractivity contribution in [3.63, 3.8) is 0 Å². The predicted octanol–water partition coefficient (Wildman–Crippen LogP) is 7.18. The van der Waals surface area contributed by atoms with Gasteiger partial charge in [0.05, 0.1) is 22.2 Å². The van der Waals surface area contributed by atoms with Crippen molar-refractivity contribution in [2.24, 2.45) is 0 Å². The Hall–Kier alpha value is -1.79. The van der Waals surface area contributed by atoms with E-state index in [0.29, 0.717) is 0 Å². The third-order valence-electron chi connectivity index (χ3n) is 4.57. The SMILES string of the molecule is N#CC1=C(Cl)C(C(F)(C(F)(F)F)C(F)(F)C(F)(F)F)=C(Br)CC1(Br)NC(=O)c1ccccc1F. The quantitative estimate of drug-likeness (QED) is 0.213. The molecule has 1 N–H and O–H groups in total. The molecule has 1 aliphatic carbocycles. The van der Waals surface area contributed by atoms with Crippen LogP contribution in [0.1, 0.15) is 16.8 Å². The number of nitrogens with zero attached hydrogens (tertiary/aromatic N) is 1. The van der Waals surface area contributed by atoms with Gasteiger partial charge in [0.15, 0.2) is 0 Å². The number of carbonyl (C=O) groups excluding carboxylic acids is 1. The molecule has 2 rings (SSSR count). The number of carbonyl (C=O) groups is 1. The minimum absolute atomic E-state index is 0.626. The highest BCUT2D eigenvalue weighted by Crippen LogP contribution is 2.61. The average molecular weight is 653 g/mol. The van der Waals surface area contributed by atoms with E-state index in [1.807, 2.05) is 5.32 Å². The highest BCUT2D eigenvalue weighted by Gasteiger charge is 2.83. The second kappa shape index (κ2) is 9.02. The lowest BCUT2D eigenvalue weighted by molar-refractivity contribution is -0.372. The standard InChI is InChI=1S/C18H7Br2ClF10N2O/c19-9-5-14(20,33-13(34)7-3-1-2-4-10(7)22)8(6-32)12(21)11(9)15(23,17(26,27)28)16(24,25)18(29,30)31/h1-4H,5H2,(H,33,34). The summed E-state index contributed by atoms with van der Waals surface area (Å²) in [7, 11) is 0. The van der Waals surface area contributed by atoms with Gasteiger partial charge in [0.1, 0.15) is 10.3 Å². The Bertz CT molecular complexity index is 1120. The van der Waals surface area contributed by atoms with Crippen LogP contribution in [0.15, 0.2) is 44.9 Å². The first kappa shape index (κ1) is 28.4. The molecule has 186 valence electrons. The second-order valence-corrected chi connectivity index (χ2v) is 9.41. The fourth-order valence-electron chi connectivity index (χ4n) is 2.96. The lowest BCUT2D eigenvalue weighted by Gasteiger charge is -2.41. The van der Waals surface area contributed by atoms with Crippen LogP contribution < -0.4 is 5.32 Å². The highest BCUT2D eigenvalue weighted by atomic mass is 79.9. The van der Waals surface area contributed by atoms with E-state index >= 15 is 4.39 Å². The number of hydrogen-bond acceptors (Lipinski definition) is 2. The third-order valence-corrected chi connectivity index (χ3v) is 6.50. The topological polar surface area (TPSA) is 52.9 Å². The molecule has 2 atom stereocenters. The molecule has 0 fully saturated rings. The largest absolute Gasteiger partial charge is 0.457 e. The van der Waals surface area contributed by atoms with E-state index in [2.05, 4.69) is 31.9 Å². The van der Waals surface area contributed by atoms with Gasteiger partial charge in [-0.25, -0.2) is 8.78 Å². The minimum atomic E-state index is -7.05. The van der Waals surface area contributed by atoms with Crippen molar-refractivity contribution >= 4 is 49.4 Å². The summed E-state index contributed by atoms with van der Waals surface area (Å²) in [4.78, 5) is 12.4. The number of halogens is 13. The molecule has 1 amide bonds. The molecule has 1 aromatic carbocycles. The molecule has 1 aliphatic rings. The number of amides is 1. The molecule has 3 nitrogen and oxygen atoms in total. The maximum absolute atomic E-state index is 15.0. The molecule has 34 heavy (non-hydrogen) atoms. The van der Waals surface area contributed by atoms with Gasteiger partial charge in [0.25, 0.3) is 5.91 Å². The zero-order valence-electron chi connectivity index (χ0n) is 15.8. The van der Waals surface area contributed by atoms with E-state index in [1.165, 1.54) is 12.1 Å². The van der Waals surface area contributed by atoms with Gasteiger partial charge in [0, 0.05) is 16.5 Å². The van der Waals surface area contributed by atoms with Crippen LogP contribution in [0.25, 0.3) is 0 Å². The number of allylic oxidation sites excluding steroid dienone is 2. The Labute approximate surface area is 205 Å². The number of nitriles is 1. The molecular weight excluding hydrogens is 645 g/mol. The fraction of sp³-hybridized carbons (Fsp3) is 0.333. The normalized spacial score (nSPS) is 21.8. The van der Waals surface area contributed by atoms with Crippen LogP contribution in [0, 0.1) is 17.1 Å². The molecule has 16 heteroatoms. The Morgan fingerprint density at radius 3 is 2.03 bits per heavy atom. The van der Waals surface area contributed by atoms with Crippen LogP contribution in [0.2, 0.25) is 0 Å². The van der Waals surface area contributed by atoms with E-state index in [9.17, 15) is 49.6 Å². The fourth-order valence-corrected chi connectivity index (χ4v) is 5.65. The van der Waals surface area contributed by atoms with Crippen molar-refractivity contribution in [2.75, 3.05) is 0 Å². The van der Waals surface area contributed by atoms with Crippen LogP contribution in [0.4, 0.5) is 43.9 Å². The Morgan fingerprint density at radius 2 is 1.59 bits per heavy atom. The predicted molar refractivity (Wildman–Crippen MR) is 105 cm³/mol. The summed E-state index contributed by atoms with van der Waals surface area (Å²) in [6.45, 7) is 0. The first-order valence-corrected chi connectivity index (χ1v) is 10.4. The van der Waals surface area contributed by atoms with Crippen molar-refractivity contribution in [1.29, 1.82) is 5.26 Å². The van der Waals surface area contributed by atoms with Crippen molar-refractivity contribution in [1.82, 2.24) is 5.32 Å². The van der Waals surface area contributed by atoms with Gasteiger partial charge in [-0.2, -0.15) is 40.4 Å². The van der Waals surface area contributed by atoms with Crippen molar-refractivity contribution in [3.05, 3.63) is 56.3 Å². The molecule has 0 aromatic heterocycles. The summed E-state index contributed by atoms with van der Waals surface area (Å²) < 4.78 is 132. The van der Waals surface area contributed by atoms with E-state index in [-0.39, 0.29) is 0 Å². The lowest BCUT2D eigenvalue weighted by atomic mass is 9.81. The Balaban J connectivity index is 2.72. The smallest absolute Gasteiger partial charge is 0.332 e. The van der Waals surface area contributed by atoms with Crippen molar-refractivity contribution in [3.8, 4) is 6.07 Å².